The van der Waals surface area contributed by atoms with Crippen molar-refractivity contribution in [2.75, 3.05) is 0 Å². The van der Waals surface area contributed by atoms with Gasteiger partial charge in [0.2, 0.25) is 0 Å². The number of carbonyl (C=O) groups is 2. The molecule has 0 spiro atoms. The molecule has 2 N–H and O–H groups in total. The second kappa shape index (κ2) is 7.95. The van der Waals surface area contributed by atoms with Gasteiger partial charge in [-0.25, -0.2) is 13.6 Å². The maximum Gasteiger partial charge on any atom is 0.326 e. The number of ether oxygens (including phenoxy) is 1. The van der Waals surface area contributed by atoms with Gasteiger partial charge in [-0.3, -0.25) is 4.79 Å². The third kappa shape index (κ3) is 5.27. The summed E-state index contributed by atoms with van der Waals surface area (Å²) in [6, 6.07) is 9.36. The topological polar surface area (TPSA) is 75.6 Å². The van der Waals surface area contributed by atoms with Crippen LogP contribution >= 0.6 is 0 Å². The minimum atomic E-state index is -1.40. The number of carboxylic acids is 1. The Kier molecular flexibility index (Phi) is 5.92. The molecule has 7 heteroatoms. The molecule has 2 rings (SSSR count). The molecule has 2 aromatic rings. The van der Waals surface area contributed by atoms with Crippen LogP contribution in [0, 0.1) is 11.6 Å². The van der Waals surface area contributed by atoms with Crippen molar-refractivity contribution in [2.24, 2.45) is 0 Å². The zero-order valence-corrected chi connectivity index (χ0v) is 14.3. The fourth-order valence-electron chi connectivity index (χ4n) is 2.28. The highest BCUT2D eigenvalue weighted by atomic mass is 19.1. The highest BCUT2D eigenvalue weighted by Gasteiger charge is 2.33. The van der Waals surface area contributed by atoms with Crippen molar-refractivity contribution in [2.45, 2.75) is 31.9 Å². The van der Waals surface area contributed by atoms with Gasteiger partial charge in [0.15, 0.2) is 5.60 Å². The summed E-state index contributed by atoms with van der Waals surface area (Å²) in [5.74, 6) is -2.58. The first-order chi connectivity index (χ1) is 12.2. The van der Waals surface area contributed by atoms with Crippen LogP contribution in [0.2, 0.25) is 0 Å². The molecule has 26 heavy (non-hydrogen) atoms. The highest BCUT2D eigenvalue weighted by molar-refractivity contribution is 5.89. The second-order valence-corrected chi connectivity index (χ2v) is 6.26. The number of hydrogen-bond acceptors (Lipinski definition) is 3. The maximum atomic E-state index is 13.3. The van der Waals surface area contributed by atoms with E-state index in [0.29, 0.717) is 5.56 Å². The molecule has 0 aliphatic carbocycles. The van der Waals surface area contributed by atoms with Crippen LogP contribution in [0.1, 0.15) is 19.4 Å². The van der Waals surface area contributed by atoms with Gasteiger partial charge < -0.3 is 15.2 Å². The van der Waals surface area contributed by atoms with Crippen molar-refractivity contribution in [1.29, 1.82) is 0 Å². The van der Waals surface area contributed by atoms with Gasteiger partial charge in [0, 0.05) is 6.42 Å². The van der Waals surface area contributed by atoms with Crippen molar-refractivity contribution in [3.05, 3.63) is 65.7 Å². The summed E-state index contributed by atoms with van der Waals surface area (Å²) in [7, 11) is 0. The molecule has 2 aromatic carbocycles. The highest BCUT2D eigenvalue weighted by Crippen LogP contribution is 2.19. The average Bonchev–Trinajstić information content (AvgIpc) is 2.56. The van der Waals surface area contributed by atoms with E-state index in [2.05, 4.69) is 5.32 Å². The number of rotatable bonds is 7. The lowest BCUT2D eigenvalue weighted by Crippen LogP contribution is -2.52. The predicted molar refractivity (Wildman–Crippen MR) is 90.8 cm³/mol. The molecule has 1 unspecified atom stereocenters. The third-order valence-electron chi connectivity index (χ3n) is 3.67. The first kappa shape index (κ1) is 19.4. The van der Waals surface area contributed by atoms with Gasteiger partial charge in [0.25, 0.3) is 5.91 Å². The van der Waals surface area contributed by atoms with E-state index in [-0.39, 0.29) is 12.2 Å². The van der Waals surface area contributed by atoms with E-state index in [9.17, 15) is 23.5 Å². The monoisotopic (exact) mass is 363 g/mol. The quantitative estimate of drug-likeness (QED) is 0.793. The molecule has 0 radical (unpaired) electrons. The van der Waals surface area contributed by atoms with E-state index in [0.717, 1.165) is 0 Å². The van der Waals surface area contributed by atoms with Crippen molar-refractivity contribution < 1.29 is 28.2 Å². The van der Waals surface area contributed by atoms with E-state index in [1.165, 1.54) is 56.3 Å². The molecule has 0 saturated heterocycles. The molecule has 0 fully saturated rings. The minimum absolute atomic E-state index is 0.0779. The van der Waals surface area contributed by atoms with E-state index in [1.807, 2.05) is 0 Å². The summed E-state index contributed by atoms with van der Waals surface area (Å²) in [4.78, 5) is 23.9. The average molecular weight is 363 g/mol. The lowest BCUT2D eigenvalue weighted by Gasteiger charge is -2.27. The standard InChI is InChI=1S/C19H19F2NO4/c1-19(2,26-15-8-6-13(20)7-9-15)18(25)22-16(17(23)24)11-12-4-3-5-14(21)10-12/h3-10,16H,11H2,1-2H3,(H,22,25)(H,23,24). The Morgan fingerprint density at radius 3 is 2.35 bits per heavy atom. The van der Waals surface area contributed by atoms with E-state index in [1.54, 1.807) is 6.07 Å². The zero-order valence-electron chi connectivity index (χ0n) is 14.3. The summed E-state index contributed by atoms with van der Waals surface area (Å²) < 4.78 is 31.7. The molecule has 0 aromatic heterocycles. The summed E-state index contributed by atoms with van der Waals surface area (Å²) in [5, 5.41) is 11.7. The lowest BCUT2D eigenvalue weighted by molar-refractivity contribution is -0.144. The molecule has 1 atom stereocenters. The van der Waals surface area contributed by atoms with Crippen molar-refractivity contribution in [3.8, 4) is 5.75 Å². The largest absolute Gasteiger partial charge is 0.480 e. The Hall–Kier alpha value is -2.96. The van der Waals surface area contributed by atoms with Crippen LogP contribution in [-0.4, -0.2) is 28.6 Å². The number of aliphatic carboxylic acids is 1. The number of benzene rings is 2. The van der Waals surface area contributed by atoms with Gasteiger partial charge in [0.1, 0.15) is 23.4 Å². The summed E-state index contributed by atoms with van der Waals surface area (Å²) in [5.41, 5.74) is -0.956. The molecule has 5 nitrogen and oxygen atoms in total. The van der Waals surface area contributed by atoms with Gasteiger partial charge in [-0.2, -0.15) is 0 Å². The number of halogens is 2. The number of carboxylic acid groups (broad SMARTS) is 1. The fraction of sp³-hybridized carbons (Fsp3) is 0.263. The Morgan fingerprint density at radius 2 is 1.77 bits per heavy atom. The Labute approximate surface area is 149 Å². The van der Waals surface area contributed by atoms with Crippen molar-refractivity contribution >= 4 is 11.9 Å². The van der Waals surface area contributed by atoms with E-state index < -0.39 is 35.2 Å². The molecular formula is C19H19F2NO4. The zero-order chi connectivity index (χ0) is 19.3. The Morgan fingerprint density at radius 1 is 1.12 bits per heavy atom. The smallest absolute Gasteiger partial charge is 0.326 e. The Bertz CT molecular complexity index is 790. The summed E-state index contributed by atoms with van der Waals surface area (Å²) in [6.45, 7) is 2.93. The van der Waals surface area contributed by atoms with Crippen LogP contribution in [0.5, 0.6) is 5.75 Å². The predicted octanol–water partition coefficient (Wildman–Crippen LogP) is 2.93. The lowest BCUT2D eigenvalue weighted by atomic mass is 10.0. The Balaban J connectivity index is 2.07. The van der Waals surface area contributed by atoms with Gasteiger partial charge >= 0.3 is 5.97 Å². The first-order valence-corrected chi connectivity index (χ1v) is 7.90. The van der Waals surface area contributed by atoms with Crippen LogP contribution in [-0.2, 0) is 16.0 Å². The van der Waals surface area contributed by atoms with Crippen LogP contribution < -0.4 is 10.1 Å². The summed E-state index contributed by atoms with van der Waals surface area (Å²) in [6.07, 6.45) is -0.0779. The number of amides is 1. The first-order valence-electron chi connectivity index (χ1n) is 7.90. The minimum Gasteiger partial charge on any atom is -0.480 e. The molecule has 1 amide bonds. The maximum absolute atomic E-state index is 13.3. The van der Waals surface area contributed by atoms with E-state index in [4.69, 9.17) is 4.74 Å². The molecule has 0 saturated carbocycles. The van der Waals surface area contributed by atoms with Crippen molar-refractivity contribution in [3.63, 3.8) is 0 Å². The molecule has 0 aliphatic heterocycles. The number of hydrogen-bond donors (Lipinski definition) is 2. The fourth-order valence-corrected chi connectivity index (χ4v) is 2.28. The van der Waals surface area contributed by atoms with Crippen molar-refractivity contribution in [1.82, 2.24) is 5.32 Å². The number of carbonyl (C=O) groups excluding carboxylic acids is 1. The van der Waals surface area contributed by atoms with Crippen LogP contribution in [0.4, 0.5) is 8.78 Å². The molecule has 0 aliphatic rings. The SMILES string of the molecule is CC(C)(Oc1ccc(F)cc1)C(=O)NC(Cc1cccc(F)c1)C(=O)O. The van der Waals surface area contributed by atoms with Gasteiger partial charge in [-0.05, 0) is 55.8 Å². The molecule has 0 heterocycles. The van der Waals surface area contributed by atoms with Crippen LogP contribution in [0.3, 0.4) is 0 Å². The second-order valence-electron chi connectivity index (χ2n) is 6.26. The van der Waals surface area contributed by atoms with Gasteiger partial charge in [-0.15, -0.1) is 0 Å². The van der Waals surface area contributed by atoms with Crippen LogP contribution in [0.15, 0.2) is 48.5 Å². The van der Waals surface area contributed by atoms with Gasteiger partial charge in [-0.1, -0.05) is 12.1 Å². The molecule has 138 valence electrons. The molecule has 0 bridgehead atoms. The van der Waals surface area contributed by atoms with Gasteiger partial charge in [0.05, 0.1) is 0 Å². The van der Waals surface area contributed by atoms with Crippen LogP contribution in [0.25, 0.3) is 0 Å². The third-order valence-corrected chi connectivity index (χ3v) is 3.67. The summed E-state index contributed by atoms with van der Waals surface area (Å²) >= 11 is 0. The van der Waals surface area contributed by atoms with E-state index >= 15 is 0 Å². The molecular weight excluding hydrogens is 344 g/mol. The normalized spacial score (nSPS) is 12.3. The number of nitrogens with one attached hydrogen (secondary N) is 1.